The zero-order valence-electron chi connectivity index (χ0n) is 38.1. The molecule has 6 aromatic carbocycles. The van der Waals surface area contributed by atoms with E-state index in [0.29, 0.717) is 6.42 Å². The first-order valence-electron chi connectivity index (χ1n) is 23.1. The Balaban J connectivity index is 0.000000242. The number of ketones is 1. The van der Waals surface area contributed by atoms with E-state index in [4.69, 9.17) is 47.9 Å². The van der Waals surface area contributed by atoms with E-state index in [0.717, 1.165) is 84.5 Å². The van der Waals surface area contributed by atoms with Crippen LogP contribution in [0.2, 0.25) is 0 Å². The van der Waals surface area contributed by atoms with Crippen LogP contribution in [0.3, 0.4) is 0 Å². The Bertz CT molecular complexity index is 2350. The van der Waals surface area contributed by atoms with Crippen LogP contribution < -0.4 is 16.4 Å². The number of hydrogen-bond acceptors (Lipinski definition) is 5. The van der Waals surface area contributed by atoms with Crippen molar-refractivity contribution >= 4 is 60.1 Å². The Morgan fingerprint density at radius 3 is 1.22 bits per heavy atom. The topological polar surface area (TPSA) is 79.5 Å². The van der Waals surface area contributed by atoms with E-state index >= 15 is 0 Å². The second-order valence-electron chi connectivity index (χ2n) is 15.9. The molecule has 5 nitrogen and oxygen atoms in total. The fourth-order valence-electron chi connectivity index (χ4n) is 7.59. The molecule has 0 aromatic heterocycles. The number of nitrogens with zero attached hydrogens (tertiary/aromatic N) is 1. The van der Waals surface area contributed by atoms with E-state index in [2.05, 4.69) is 152 Å². The summed E-state index contributed by atoms with van der Waals surface area (Å²) in [4.78, 5) is 17.3. The van der Waals surface area contributed by atoms with Crippen LogP contribution in [0.4, 0.5) is 11.4 Å². The number of benzene rings is 6. The van der Waals surface area contributed by atoms with Crippen molar-refractivity contribution in [1.82, 2.24) is 0 Å². The number of halogens is 4. The van der Waals surface area contributed by atoms with Crippen LogP contribution in [0.15, 0.2) is 186 Å². The molecule has 2 aliphatic carbocycles. The van der Waals surface area contributed by atoms with Crippen molar-refractivity contribution in [3.8, 4) is 44.5 Å². The third-order valence-corrected chi connectivity index (χ3v) is 10.9. The number of Topliss-reactive ketones (excluding diaryl/α,β-unsaturated/α-hetero) is 1. The number of rotatable bonds is 13. The van der Waals surface area contributed by atoms with E-state index in [1.165, 1.54) is 59.3 Å². The first-order valence-corrected chi connectivity index (χ1v) is 31.6. The number of unbranched alkanes of at least 4 members (excludes halogenated alkanes) is 2. The third kappa shape index (κ3) is 18.5. The van der Waals surface area contributed by atoms with Crippen molar-refractivity contribution in [2.24, 2.45) is 10.7 Å². The molecule has 8 rings (SSSR count). The second-order valence-corrected chi connectivity index (χ2v) is 31.3. The van der Waals surface area contributed by atoms with Gasteiger partial charge in [-0.25, -0.2) is 0 Å². The van der Waals surface area contributed by atoms with Crippen LogP contribution in [-0.4, -0.2) is 24.6 Å². The van der Waals surface area contributed by atoms with Crippen LogP contribution in [0.5, 0.6) is 0 Å². The van der Waals surface area contributed by atoms with Gasteiger partial charge in [0.15, 0.2) is 5.78 Å². The van der Waals surface area contributed by atoms with Gasteiger partial charge in [-0.15, -0.1) is 0 Å². The van der Waals surface area contributed by atoms with Crippen LogP contribution in [0.1, 0.15) is 85.5 Å². The Labute approximate surface area is 419 Å². The van der Waals surface area contributed by atoms with Gasteiger partial charge in [0.25, 0.3) is 0 Å². The normalized spacial score (nSPS) is 13.7. The minimum absolute atomic E-state index is 0. The van der Waals surface area contributed by atoms with E-state index in [1.807, 2.05) is 42.5 Å². The molecule has 0 spiro atoms. The third-order valence-electron chi connectivity index (χ3n) is 10.9. The fourth-order valence-corrected chi connectivity index (χ4v) is 7.59. The molecule has 0 amide bonds. The summed E-state index contributed by atoms with van der Waals surface area (Å²) in [5.41, 5.74) is 19.8. The summed E-state index contributed by atoms with van der Waals surface area (Å²) in [6, 6.07) is 54.8. The monoisotopic (exact) mass is 1010 g/mol. The maximum absolute atomic E-state index is 12.4. The Kier molecular flexibility index (Phi) is 24.8. The molecule has 0 atom stereocenters. The molecule has 4 N–H and O–H groups in total. The molecular formula is C57H66Cl4N4OTi. The Morgan fingerprint density at radius 1 is 0.522 bits per heavy atom. The van der Waals surface area contributed by atoms with Crippen LogP contribution in [0.25, 0.3) is 44.5 Å². The molecular weight excluding hydrogens is 946 g/mol. The van der Waals surface area contributed by atoms with Crippen molar-refractivity contribution in [2.45, 2.75) is 85.5 Å². The summed E-state index contributed by atoms with van der Waals surface area (Å²) in [6.07, 6.45) is 14.9. The molecule has 6 aromatic rings. The molecule has 0 unspecified atom stereocenters. The SMILES string of the molecule is C.CCCCN.CCCCN=C1CCCC=C1Nc1c(-c2ccccc2)cccc1-c1ccccc1.O=C1CCCC=C1Nc1c(-c2ccccc2)cccc1-c1ccccc1.[Cl][Ti]([Cl])([Cl])[Cl]. The van der Waals surface area contributed by atoms with Gasteiger partial charge in [0.1, 0.15) is 0 Å². The molecule has 352 valence electrons. The summed E-state index contributed by atoms with van der Waals surface area (Å²) in [5.74, 6) is 0.193. The van der Waals surface area contributed by atoms with Crippen molar-refractivity contribution < 1.29 is 17.1 Å². The van der Waals surface area contributed by atoms with Gasteiger partial charge in [-0.1, -0.05) is 204 Å². The average molecular weight is 1010 g/mol. The minimum atomic E-state index is -3.11. The summed E-state index contributed by atoms with van der Waals surface area (Å²) >= 11 is -3.11. The summed E-state index contributed by atoms with van der Waals surface area (Å²) < 4.78 is 0. The molecule has 2 aliphatic rings. The molecule has 0 fully saturated rings. The Morgan fingerprint density at radius 2 is 0.881 bits per heavy atom. The molecule has 0 heterocycles. The number of carbonyl (C=O) groups is 1. The van der Waals surface area contributed by atoms with E-state index < -0.39 is 12.3 Å². The van der Waals surface area contributed by atoms with E-state index in [-0.39, 0.29) is 13.2 Å². The second kappa shape index (κ2) is 30.1. The molecule has 0 saturated carbocycles. The summed E-state index contributed by atoms with van der Waals surface area (Å²) in [6.45, 7) is 6.11. The van der Waals surface area contributed by atoms with E-state index in [9.17, 15) is 4.79 Å². The number of anilines is 2. The predicted molar refractivity (Wildman–Crippen MR) is 292 cm³/mol. The van der Waals surface area contributed by atoms with Crippen molar-refractivity contribution in [3.63, 3.8) is 0 Å². The van der Waals surface area contributed by atoms with Gasteiger partial charge in [0.2, 0.25) is 0 Å². The zero-order valence-corrected chi connectivity index (χ0v) is 42.7. The zero-order chi connectivity index (χ0) is 47.0. The van der Waals surface area contributed by atoms with Crippen molar-refractivity contribution in [3.05, 3.63) is 181 Å². The van der Waals surface area contributed by atoms with Gasteiger partial charge in [0.05, 0.1) is 28.5 Å². The van der Waals surface area contributed by atoms with Gasteiger partial charge < -0.3 is 16.4 Å². The van der Waals surface area contributed by atoms with Crippen LogP contribution in [-0.2, 0) is 17.1 Å². The number of para-hydroxylation sites is 2. The Hall–Kier alpha value is -4.43. The number of hydrogen-bond donors (Lipinski definition) is 3. The van der Waals surface area contributed by atoms with Crippen molar-refractivity contribution in [2.75, 3.05) is 23.7 Å². The number of nitrogens with two attached hydrogens (primary N) is 1. The average Bonchev–Trinajstić information content (AvgIpc) is 3.34. The number of aliphatic imine (C=N–C) groups is 1. The fraction of sp³-hybridized carbons (Fsp3) is 0.263. The number of nitrogens with one attached hydrogen (secondary N) is 2. The maximum atomic E-state index is 12.4. The summed E-state index contributed by atoms with van der Waals surface area (Å²) in [5, 5.41) is 7.30. The first-order chi connectivity index (χ1) is 32.1. The van der Waals surface area contributed by atoms with Gasteiger partial charge in [-0.3, -0.25) is 9.79 Å². The molecule has 0 radical (unpaired) electrons. The summed E-state index contributed by atoms with van der Waals surface area (Å²) in [7, 11) is 20.1. The number of carbonyl (C=O) groups excluding carboxylic acids is 1. The molecule has 67 heavy (non-hydrogen) atoms. The van der Waals surface area contributed by atoms with Gasteiger partial charge in [-0.05, 0) is 73.7 Å². The quantitative estimate of drug-likeness (QED) is 0.0795. The first kappa shape index (κ1) is 55.2. The molecule has 0 bridgehead atoms. The van der Waals surface area contributed by atoms with Gasteiger partial charge >= 0.3 is 49.6 Å². The van der Waals surface area contributed by atoms with Gasteiger partial charge in [0, 0.05) is 35.2 Å². The van der Waals surface area contributed by atoms with Crippen molar-refractivity contribution in [1.29, 1.82) is 0 Å². The molecule has 10 heteroatoms. The standard InChI is InChI=1S/C28H30N2.C24H21NO.C4H11N.CH4.4ClH.Ti/c1-2-3-21-29-26-19-10-11-20-27(26)30-28-24(22-13-6-4-7-14-22)17-12-18-25(28)23-15-8-5-9-16-23;26-23-17-8-7-16-22(23)25-24-20(18-10-3-1-4-11-18)14-9-15-21(24)19-12-5-2-6-13-19;1-2-3-4-5;;;;;;/h4-9,12-18,20,30H,2-3,10-11,19,21H2,1H3;1-6,9-16,25H,7-8,17H2;2-5H2,1H3;1H4;4*1H;/q;;;;;;;;+4/p-4. The predicted octanol–water partition coefficient (Wildman–Crippen LogP) is 17.9. The molecule has 0 aliphatic heterocycles. The van der Waals surface area contributed by atoms with E-state index in [1.54, 1.807) is 0 Å². The molecule has 0 saturated heterocycles. The van der Waals surface area contributed by atoms with Gasteiger partial charge in [-0.2, -0.15) is 0 Å². The number of allylic oxidation sites excluding steroid dienone is 4. The van der Waals surface area contributed by atoms with Crippen LogP contribution in [0, 0.1) is 0 Å². The van der Waals surface area contributed by atoms with Crippen LogP contribution >= 0.6 is 37.2 Å².